The summed E-state index contributed by atoms with van der Waals surface area (Å²) < 4.78 is 71.1. The van der Waals surface area contributed by atoms with Crippen molar-refractivity contribution in [3.05, 3.63) is 59.2 Å². The number of hydrogen-bond donors (Lipinski definition) is 1. The minimum absolute atomic E-state index is 0.0544. The van der Waals surface area contributed by atoms with Gasteiger partial charge in [0, 0.05) is 24.6 Å². The third kappa shape index (κ3) is 5.67. The highest BCUT2D eigenvalue weighted by molar-refractivity contribution is 7.89. The van der Waals surface area contributed by atoms with Gasteiger partial charge in [-0.15, -0.1) is 0 Å². The van der Waals surface area contributed by atoms with Gasteiger partial charge in [0.2, 0.25) is 15.9 Å². The average molecular weight is 485 g/mol. The molecule has 33 heavy (non-hydrogen) atoms. The monoisotopic (exact) mass is 484 g/mol. The Morgan fingerprint density at radius 3 is 2.42 bits per heavy atom. The second-order valence-corrected chi connectivity index (χ2v) is 10.1. The van der Waals surface area contributed by atoms with Crippen molar-refractivity contribution in [1.29, 1.82) is 0 Å². The summed E-state index contributed by atoms with van der Waals surface area (Å²) in [5.41, 5.74) is 0.855. The standard InChI is InChI=1S/C23H27F3N2O4S/c1-15-7-8-21(32-3)20(13-15)16(2)27-22(29)17-9-11-28(12-10-17)33(30,31)19-6-4-5-18(14-19)23(24,25)26/h4-8,13-14,16-17H,9-12H2,1-3H3,(H,27,29). The lowest BCUT2D eigenvalue weighted by Crippen LogP contribution is -2.43. The van der Waals surface area contributed by atoms with Gasteiger partial charge in [-0.1, -0.05) is 23.8 Å². The maximum absolute atomic E-state index is 13.0. The molecule has 1 aliphatic heterocycles. The molecule has 0 radical (unpaired) electrons. The molecule has 1 N–H and O–H groups in total. The second kappa shape index (κ2) is 9.72. The van der Waals surface area contributed by atoms with Gasteiger partial charge < -0.3 is 10.1 Å². The van der Waals surface area contributed by atoms with E-state index in [0.29, 0.717) is 11.8 Å². The zero-order valence-electron chi connectivity index (χ0n) is 18.6. The van der Waals surface area contributed by atoms with Crippen LogP contribution in [0, 0.1) is 12.8 Å². The zero-order chi connectivity index (χ0) is 24.4. The van der Waals surface area contributed by atoms with Crippen molar-refractivity contribution in [3.63, 3.8) is 0 Å². The Hall–Kier alpha value is -2.59. The molecule has 1 heterocycles. The summed E-state index contributed by atoms with van der Waals surface area (Å²) in [4.78, 5) is 12.4. The molecule has 0 spiro atoms. The first-order valence-electron chi connectivity index (χ1n) is 10.6. The molecule has 3 rings (SSSR count). The number of benzene rings is 2. The SMILES string of the molecule is COc1ccc(C)cc1C(C)NC(=O)C1CCN(S(=O)(=O)c2cccc(C(F)(F)F)c2)CC1. The molecule has 10 heteroatoms. The van der Waals surface area contributed by atoms with Crippen molar-refractivity contribution in [1.82, 2.24) is 9.62 Å². The number of sulfonamides is 1. The van der Waals surface area contributed by atoms with Crippen molar-refractivity contribution in [3.8, 4) is 5.75 Å². The average Bonchev–Trinajstić information content (AvgIpc) is 2.78. The molecule has 1 unspecified atom stereocenters. The summed E-state index contributed by atoms with van der Waals surface area (Å²) in [5, 5.41) is 2.97. The van der Waals surface area contributed by atoms with Crippen LogP contribution in [-0.2, 0) is 21.0 Å². The largest absolute Gasteiger partial charge is 0.496 e. The Bertz CT molecular complexity index is 1110. The van der Waals surface area contributed by atoms with E-state index in [9.17, 15) is 26.4 Å². The van der Waals surface area contributed by atoms with Crippen molar-refractivity contribution in [2.24, 2.45) is 5.92 Å². The number of aryl methyl sites for hydroxylation is 1. The predicted molar refractivity (Wildman–Crippen MR) is 117 cm³/mol. The van der Waals surface area contributed by atoms with Crippen LogP contribution in [0.4, 0.5) is 13.2 Å². The van der Waals surface area contributed by atoms with E-state index in [4.69, 9.17) is 4.74 Å². The number of methoxy groups -OCH3 is 1. The number of alkyl halides is 3. The fourth-order valence-corrected chi connectivity index (χ4v) is 5.46. The van der Waals surface area contributed by atoms with Crippen molar-refractivity contribution in [2.75, 3.05) is 20.2 Å². The van der Waals surface area contributed by atoms with Crippen LogP contribution in [0.1, 0.15) is 42.5 Å². The van der Waals surface area contributed by atoms with E-state index in [1.54, 1.807) is 7.11 Å². The molecule has 1 amide bonds. The highest BCUT2D eigenvalue weighted by atomic mass is 32.2. The fraction of sp³-hybridized carbons (Fsp3) is 0.435. The maximum atomic E-state index is 13.0. The van der Waals surface area contributed by atoms with Crippen LogP contribution in [-0.4, -0.2) is 38.8 Å². The van der Waals surface area contributed by atoms with E-state index in [0.717, 1.165) is 33.6 Å². The van der Waals surface area contributed by atoms with E-state index in [2.05, 4.69) is 5.32 Å². The fourth-order valence-electron chi connectivity index (χ4n) is 3.94. The van der Waals surface area contributed by atoms with E-state index >= 15 is 0 Å². The van der Waals surface area contributed by atoms with Gasteiger partial charge in [-0.2, -0.15) is 17.5 Å². The van der Waals surface area contributed by atoms with Gasteiger partial charge in [0.05, 0.1) is 23.6 Å². The first-order valence-corrected chi connectivity index (χ1v) is 12.0. The van der Waals surface area contributed by atoms with Crippen molar-refractivity contribution >= 4 is 15.9 Å². The van der Waals surface area contributed by atoms with Crippen molar-refractivity contribution in [2.45, 2.75) is 43.8 Å². The molecule has 0 saturated carbocycles. The summed E-state index contributed by atoms with van der Waals surface area (Å²) in [5.74, 6) is 0.0776. The molecule has 2 aromatic carbocycles. The molecular weight excluding hydrogens is 457 g/mol. The maximum Gasteiger partial charge on any atom is 0.416 e. The molecule has 0 aromatic heterocycles. The van der Waals surface area contributed by atoms with E-state index < -0.39 is 32.6 Å². The van der Waals surface area contributed by atoms with Crippen LogP contribution < -0.4 is 10.1 Å². The summed E-state index contributed by atoms with van der Waals surface area (Å²) in [7, 11) is -2.53. The van der Waals surface area contributed by atoms with E-state index in [1.807, 2.05) is 32.0 Å². The number of carbonyl (C=O) groups excluding carboxylic acids is 1. The molecule has 1 fully saturated rings. The zero-order valence-corrected chi connectivity index (χ0v) is 19.5. The first kappa shape index (κ1) is 25.0. The lowest BCUT2D eigenvalue weighted by atomic mass is 9.96. The van der Waals surface area contributed by atoms with Gasteiger partial charge in [-0.3, -0.25) is 4.79 Å². The van der Waals surface area contributed by atoms with Gasteiger partial charge in [0.25, 0.3) is 0 Å². The highest BCUT2D eigenvalue weighted by Gasteiger charge is 2.35. The molecule has 2 aromatic rings. The summed E-state index contributed by atoms with van der Waals surface area (Å²) in [6.45, 7) is 3.90. The summed E-state index contributed by atoms with van der Waals surface area (Å²) in [6.07, 6.45) is -4.07. The third-order valence-corrected chi connectivity index (χ3v) is 7.73. The number of carbonyl (C=O) groups is 1. The molecule has 6 nitrogen and oxygen atoms in total. The van der Waals surface area contributed by atoms with Gasteiger partial charge in [0.15, 0.2) is 0 Å². The first-order chi connectivity index (χ1) is 15.4. The quantitative estimate of drug-likeness (QED) is 0.664. The van der Waals surface area contributed by atoms with Crippen LogP contribution in [0.2, 0.25) is 0 Å². The number of halogens is 3. The van der Waals surface area contributed by atoms with Crippen LogP contribution in [0.3, 0.4) is 0 Å². The summed E-state index contributed by atoms with van der Waals surface area (Å²) in [6, 6.07) is 9.09. The molecule has 180 valence electrons. The van der Waals surface area contributed by atoms with E-state index in [-0.39, 0.29) is 37.9 Å². The number of rotatable bonds is 6. The van der Waals surface area contributed by atoms with Crippen LogP contribution >= 0.6 is 0 Å². The number of amides is 1. The lowest BCUT2D eigenvalue weighted by Gasteiger charge is -2.31. The Labute approximate surface area is 191 Å². The Morgan fingerprint density at radius 2 is 1.82 bits per heavy atom. The minimum Gasteiger partial charge on any atom is -0.496 e. The molecule has 0 aliphatic carbocycles. The Balaban J connectivity index is 1.65. The number of hydrogen-bond acceptors (Lipinski definition) is 4. The topological polar surface area (TPSA) is 75.7 Å². The Kier molecular flexibility index (Phi) is 7.38. The Morgan fingerprint density at radius 1 is 1.15 bits per heavy atom. The molecular formula is C23H27F3N2O4S. The highest BCUT2D eigenvalue weighted by Crippen LogP contribution is 2.32. The number of piperidine rings is 1. The van der Waals surface area contributed by atoms with Gasteiger partial charge in [-0.25, -0.2) is 8.42 Å². The molecule has 1 saturated heterocycles. The molecule has 0 bridgehead atoms. The predicted octanol–water partition coefficient (Wildman–Crippen LogP) is 4.30. The summed E-state index contributed by atoms with van der Waals surface area (Å²) >= 11 is 0. The third-order valence-electron chi connectivity index (χ3n) is 5.83. The van der Waals surface area contributed by atoms with Crippen molar-refractivity contribution < 1.29 is 31.1 Å². The number of ether oxygens (including phenoxy) is 1. The van der Waals surface area contributed by atoms with Gasteiger partial charge in [-0.05, 0) is 51.0 Å². The van der Waals surface area contributed by atoms with E-state index in [1.165, 1.54) is 0 Å². The van der Waals surface area contributed by atoms with Crippen LogP contribution in [0.15, 0.2) is 47.4 Å². The minimum atomic E-state index is -4.63. The van der Waals surface area contributed by atoms with Crippen LogP contribution in [0.25, 0.3) is 0 Å². The molecule has 1 atom stereocenters. The number of nitrogens with one attached hydrogen (secondary N) is 1. The number of nitrogens with zero attached hydrogens (tertiary/aromatic N) is 1. The molecule has 1 aliphatic rings. The van der Waals surface area contributed by atoms with Gasteiger partial charge >= 0.3 is 6.18 Å². The lowest BCUT2D eigenvalue weighted by molar-refractivity contribution is -0.137. The second-order valence-electron chi connectivity index (χ2n) is 8.18. The smallest absolute Gasteiger partial charge is 0.416 e. The van der Waals surface area contributed by atoms with Crippen LogP contribution in [0.5, 0.6) is 5.75 Å². The normalized spacial score (nSPS) is 16.9. The van der Waals surface area contributed by atoms with Gasteiger partial charge in [0.1, 0.15) is 5.75 Å².